The molecule has 0 spiro atoms. The smallest absolute Gasteiger partial charge is 0.321 e. The predicted molar refractivity (Wildman–Crippen MR) is 95.3 cm³/mol. The van der Waals surface area contributed by atoms with Gasteiger partial charge in [0.25, 0.3) is 0 Å². The Bertz CT molecular complexity index is 654. The van der Waals surface area contributed by atoms with Gasteiger partial charge in [0, 0.05) is 18.3 Å². The molecule has 3 rings (SSSR count). The van der Waals surface area contributed by atoms with Crippen molar-refractivity contribution >= 4 is 28.3 Å². The summed E-state index contributed by atoms with van der Waals surface area (Å²) in [5, 5.41) is 18.7. The summed E-state index contributed by atoms with van der Waals surface area (Å²) < 4.78 is 0. The van der Waals surface area contributed by atoms with Crippen LogP contribution in [0.2, 0.25) is 0 Å². The van der Waals surface area contributed by atoms with Crippen molar-refractivity contribution < 1.29 is 4.79 Å². The SMILES string of the molecule is CCc1nnc(NC(=O)NC2CCC(Nc3ccccn3)CC2)s1. The first kappa shape index (κ1) is 16.6. The third-order valence-electron chi connectivity index (χ3n) is 4.07. The molecule has 0 saturated heterocycles. The highest BCUT2D eigenvalue weighted by Crippen LogP contribution is 2.22. The molecule has 2 aromatic heterocycles. The topological polar surface area (TPSA) is 91.8 Å². The Morgan fingerprint density at radius 1 is 1.21 bits per heavy atom. The number of carbonyl (C=O) groups excluding carboxylic acids is 1. The third-order valence-corrected chi connectivity index (χ3v) is 5.05. The van der Waals surface area contributed by atoms with Gasteiger partial charge in [-0.1, -0.05) is 24.3 Å². The quantitative estimate of drug-likeness (QED) is 0.774. The van der Waals surface area contributed by atoms with Gasteiger partial charge in [-0.2, -0.15) is 0 Å². The number of rotatable bonds is 5. The maximum Gasteiger partial charge on any atom is 0.321 e. The maximum atomic E-state index is 12.0. The summed E-state index contributed by atoms with van der Waals surface area (Å²) in [4.78, 5) is 16.3. The molecule has 8 heteroatoms. The van der Waals surface area contributed by atoms with Gasteiger partial charge in [-0.25, -0.2) is 9.78 Å². The van der Waals surface area contributed by atoms with E-state index in [-0.39, 0.29) is 12.1 Å². The molecule has 2 amide bonds. The van der Waals surface area contributed by atoms with E-state index in [1.807, 2.05) is 25.1 Å². The van der Waals surface area contributed by atoms with Gasteiger partial charge in [0.1, 0.15) is 10.8 Å². The Morgan fingerprint density at radius 3 is 2.67 bits per heavy atom. The van der Waals surface area contributed by atoms with Crippen molar-refractivity contribution in [3.63, 3.8) is 0 Å². The maximum absolute atomic E-state index is 12.0. The number of carbonyl (C=O) groups is 1. The third kappa shape index (κ3) is 4.64. The van der Waals surface area contributed by atoms with E-state index in [2.05, 4.69) is 31.1 Å². The molecule has 0 atom stereocenters. The first-order chi connectivity index (χ1) is 11.7. The number of nitrogens with one attached hydrogen (secondary N) is 3. The van der Waals surface area contributed by atoms with E-state index in [1.165, 1.54) is 11.3 Å². The molecule has 128 valence electrons. The summed E-state index contributed by atoms with van der Waals surface area (Å²) in [6.45, 7) is 2.02. The number of hydrogen-bond donors (Lipinski definition) is 3. The van der Waals surface area contributed by atoms with Crippen molar-refractivity contribution in [2.45, 2.75) is 51.1 Å². The molecule has 3 N–H and O–H groups in total. The van der Waals surface area contributed by atoms with E-state index >= 15 is 0 Å². The van der Waals surface area contributed by atoms with Crippen LogP contribution in [-0.2, 0) is 6.42 Å². The zero-order valence-corrected chi connectivity index (χ0v) is 14.5. The summed E-state index contributed by atoms with van der Waals surface area (Å²) in [5.41, 5.74) is 0. The minimum Gasteiger partial charge on any atom is -0.367 e. The van der Waals surface area contributed by atoms with Crippen LogP contribution in [0.3, 0.4) is 0 Å². The van der Waals surface area contributed by atoms with Crippen molar-refractivity contribution in [2.24, 2.45) is 0 Å². The molecule has 2 aromatic rings. The molecule has 2 heterocycles. The van der Waals surface area contributed by atoms with Crippen LogP contribution >= 0.6 is 11.3 Å². The lowest BCUT2D eigenvalue weighted by atomic mass is 9.91. The molecule has 1 aliphatic rings. The van der Waals surface area contributed by atoms with Gasteiger partial charge in [-0.05, 0) is 44.2 Å². The minimum atomic E-state index is -0.199. The second-order valence-electron chi connectivity index (χ2n) is 5.86. The number of anilines is 2. The highest BCUT2D eigenvalue weighted by Gasteiger charge is 2.22. The lowest BCUT2D eigenvalue weighted by Gasteiger charge is -2.29. The number of urea groups is 1. The summed E-state index contributed by atoms with van der Waals surface area (Å²) in [6, 6.07) is 6.28. The molecule has 1 aliphatic carbocycles. The summed E-state index contributed by atoms with van der Waals surface area (Å²) in [5.74, 6) is 0.912. The molecule has 0 aromatic carbocycles. The molecular formula is C16H22N6OS. The lowest BCUT2D eigenvalue weighted by molar-refractivity contribution is 0.243. The average Bonchev–Trinajstić information content (AvgIpc) is 3.05. The van der Waals surface area contributed by atoms with E-state index in [9.17, 15) is 4.79 Å². The van der Waals surface area contributed by atoms with Gasteiger partial charge in [0.2, 0.25) is 5.13 Å². The molecule has 24 heavy (non-hydrogen) atoms. The Morgan fingerprint density at radius 2 is 2.00 bits per heavy atom. The van der Waals surface area contributed by atoms with Gasteiger partial charge in [-0.3, -0.25) is 5.32 Å². The lowest BCUT2D eigenvalue weighted by Crippen LogP contribution is -2.42. The van der Waals surface area contributed by atoms with Crippen LogP contribution in [0.4, 0.5) is 15.7 Å². The van der Waals surface area contributed by atoms with Gasteiger partial charge < -0.3 is 10.6 Å². The zero-order chi connectivity index (χ0) is 16.8. The Kier molecular flexibility index (Phi) is 5.58. The second-order valence-corrected chi connectivity index (χ2v) is 6.92. The fourth-order valence-electron chi connectivity index (χ4n) is 2.80. The predicted octanol–water partition coefficient (Wildman–Crippen LogP) is 3.04. The van der Waals surface area contributed by atoms with E-state index in [0.717, 1.165) is 42.9 Å². The van der Waals surface area contributed by atoms with Crippen molar-refractivity contribution in [2.75, 3.05) is 10.6 Å². The van der Waals surface area contributed by atoms with E-state index in [1.54, 1.807) is 6.20 Å². The molecular weight excluding hydrogens is 324 g/mol. The number of hydrogen-bond acceptors (Lipinski definition) is 6. The molecule has 7 nitrogen and oxygen atoms in total. The number of aryl methyl sites for hydroxylation is 1. The highest BCUT2D eigenvalue weighted by molar-refractivity contribution is 7.15. The number of aromatic nitrogens is 3. The molecule has 1 saturated carbocycles. The van der Waals surface area contributed by atoms with Crippen molar-refractivity contribution in [3.05, 3.63) is 29.4 Å². The van der Waals surface area contributed by atoms with Crippen LogP contribution in [0, 0.1) is 0 Å². The van der Waals surface area contributed by atoms with E-state index < -0.39 is 0 Å². The second kappa shape index (κ2) is 8.05. The molecule has 0 bridgehead atoms. The van der Waals surface area contributed by atoms with Gasteiger partial charge in [0.15, 0.2) is 0 Å². The zero-order valence-electron chi connectivity index (χ0n) is 13.7. The van der Waals surface area contributed by atoms with Crippen LogP contribution < -0.4 is 16.0 Å². The van der Waals surface area contributed by atoms with Gasteiger partial charge in [-0.15, -0.1) is 10.2 Å². The van der Waals surface area contributed by atoms with Crippen molar-refractivity contribution in [1.29, 1.82) is 0 Å². The fraction of sp³-hybridized carbons (Fsp3) is 0.500. The first-order valence-corrected chi connectivity index (χ1v) is 9.12. The first-order valence-electron chi connectivity index (χ1n) is 8.30. The minimum absolute atomic E-state index is 0.199. The largest absolute Gasteiger partial charge is 0.367 e. The number of pyridine rings is 1. The summed E-state index contributed by atoms with van der Waals surface area (Å²) >= 11 is 1.41. The number of amides is 2. The van der Waals surface area contributed by atoms with Crippen molar-refractivity contribution in [1.82, 2.24) is 20.5 Å². The molecule has 0 aliphatic heterocycles. The molecule has 0 unspecified atom stereocenters. The monoisotopic (exact) mass is 346 g/mol. The highest BCUT2D eigenvalue weighted by atomic mass is 32.1. The Balaban J connectivity index is 1.41. The van der Waals surface area contributed by atoms with Crippen LogP contribution in [-0.4, -0.2) is 33.3 Å². The summed E-state index contributed by atoms with van der Waals surface area (Å²) in [7, 11) is 0. The van der Waals surface area contributed by atoms with Crippen LogP contribution in [0.5, 0.6) is 0 Å². The van der Waals surface area contributed by atoms with Crippen LogP contribution in [0.1, 0.15) is 37.6 Å². The van der Waals surface area contributed by atoms with Gasteiger partial charge in [0.05, 0.1) is 0 Å². The molecule has 1 fully saturated rings. The number of nitrogens with zero attached hydrogens (tertiary/aromatic N) is 3. The van der Waals surface area contributed by atoms with E-state index in [0.29, 0.717) is 11.2 Å². The fourth-order valence-corrected chi connectivity index (χ4v) is 3.48. The van der Waals surface area contributed by atoms with Crippen LogP contribution in [0.15, 0.2) is 24.4 Å². The van der Waals surface area contributed by atoms with E-state index in [4.69, 9.17) is 0 Å². The molecule has 0 radical (unpaired) electrons. The Hall–Kier alpha value is -2.22. The summed E-state index contributed by atoms with van der Waals surface area (Å²) in [6.07, 6.45) is 6.55. The Labute approximate surface area is 145 Å². The van der Waals surface area contributed by atoms with Gasteiger partial charge >= 0.3 is 6.03 Å². The van der Waals surface area contributed by atoms with Crippen molar-refractivity contribution in [3.8, 4) is 0 Å². The average molecular weight is 346 g/mol. The van der Waals surface area contributed by atoms with Crippen LogP contribution in [0.25, 0.3) is 0 Å². The standard InChI is InChI=1S/C16H22N6OS/c1-2-14-21-22-16(24-14)20-15(23)19-12-8-6-11(7-9-12)18-13-5-3-4-10-17-13/h3-5,10-12H,2,6-9H2,1H3,(H,17,18)(H2,19,20,22,23). The normalized spacial score (nSPS) is 20.4.